The van der Waals surface area contributed by atoms with Crippen LogP contribution in [-0.2, 0) is 14.4 Å². The summed E-state index contributed by atoms with van der Waals surface area (Å²) < 4.78 is 13.8. The Balaban J connectivity index is 1.46. The van der Waals surface area contributed by atoms with Gasteiger partial charge in [-0.25, -0.2) is 9.37 Å². The largest absolute Gasteiger partial charge is 0.353 e. The molecular weight excluding hydrogens is 473 g/mol. The fourth-order valence-electron chi connectivity index (χ4n) is 5.45. The molecule has 3 atom stereocenters. The SMILES string of the molecule is CC1C(=O)N(C)c2ccc(N3C(=O)C4=C(C=CCC4C(=O)NC4CC4)C3c3ccc(F)cc3)nc2N1C. The third kappa shape index (κ3) is 3.72. The summed E-state index contributed by atoms with van der Waals surface area (Å²) in [5.74, 6) is -0.439. The van der Waals surface area contributed by atoms with E-state index in [0.29, 0.717) is 29.3 Å². The van der Waals surface area contributed by atoms with Crippen LogP contribution in [0, 0.1) is 11.7 Å². The van der Waals surface area contributed by atoms with Crippen molar-refractivity contribution in [2.45, 2.75) is 44.3 Å². The van der Waals surface area contributed by atoms with E-state index in [2.05, 4.69) is 5.32 Å². The van der Waals surface area contributed by atoms with Crippen molar-refractivity contribution in [3.63, 3.8) is 0 Å². The fourth-order valence-corrected chi connectivity index (χ4v) is 5.45. The van der Waals surface area contributed by atoms with Crippen LogP contribution in [0.2, 0.25) is 0 Å². The lowest BCUT2D eigenvalue weighted by Crippen LogP contribution is -2.49. The minimum atomic E-state index is -0.592. The summed E-state index contributed by atoms with van der Waals surface area (Å²) in [4.78, 5) is 49.7. The van der Waals surface area contributed by atoms with Gasteiger partial charge in [-0.3, -0.25) is 19.3 Å². The number of aromatic nitrogens is 1. The Labute approximate surface area is 214 Å². The second-order valence-electron chi connectivity index (χ2n) is 10.2. The van der Waals surface area contributed by atoms with Gasteiger partial charge in [-0.2, -0.15) is 0 Å². The fraction of sp³-hybridized carbons (Fsp3) is 0.357. The molecule has 2 aliphatic heterocycles. The van der Waals surface area contributed by atoms with Crippen LogP contribution >= 0.6 is 0 Å². The number of allylic oxidation sites excluding steroid dienone is 1. The van der Waals surface area contributed by atoms with Crippen LogP contribution in [0.1, 0.15) is 37.8 Å². The van der Waals surface area contributed by atoms with E-state index in [1.165, 1.54) is 12.1 Å². The predicted octanol–water partition coefficient (Wildman–Crippen LogP) is 3.26. The average molecular weight is 502 g/mol. The van der Waals surface area contributed by atoms with Gasteiger partial charge in [0.25, 0.3) is 5.91 Å². The monoisotopic (exact) mass is 501 g/mol. The highest BCUT2D eigenvalue weighted by Crippen LogP contribution is 2.47. The van der Waals surface area contributed by atoms with Gasteiger partial charge in [0.15, 0.2) is 5.82 Å². The molecule has 1 fully saturated rings. The van der Waals surface area contributed by atoms with Crippen molar-refractivity contribution in [3.8, 4) is 0 Å². The van der Waals surface area contributed by atoms with Gasteiger partial charge in [0.05, 0.1) is 17.6 Å². The van der Waals surface area contributed by atoms with E-state index in [1.807, 2.05) is 19.1 Å². The molecule has 6 rings (SSSR count). The second kappa shape index (κ2) is 8.54. The summed E-state index contributed by atoms with van der Waals surface area (Å²) in [6.45, 7) is 1.81. The van der Waals surface area contributed by atoms with E-state index < -0.39 is 18.0 Å². The Morgan fingerprint density at radius 2 is 1.81 bits per heavy atom. The number of amides is 3. The first-order valence-corrected chi connectivity index (χ1v) is 12.6. The summed E-state index contributed by atoms with van der Waals surface area (Å²) in [5, 5.41) is 3.05. The molecule has 1 saturated carbocycles. The lowest BCUT2D eigenvalue weighted by Gasteiger charge is -2.37. The first-order chi connectivity index (χ1) is 17.8. The Morgan fingerprint density at radius 1 is 1.08 bits per heavy atom. The number of nitrogens with one attached hydrogen (secondary N) is 1. The van der Waals surface area contributed by atoms with Gasteiger partial charge in [0.2, 0.25) is 11.8 Å². The van der Waals surface area contributed by atoms with Crippen LogP contribution in [-0.4, -0.2) is 48.9 Å². The number of fused-ring (bicyclic) bond motifs is 1. The molecule has 3 unspecified atom stereocenters. The maximum absolute atomic E-state index is 14.1. The summed E-state index contributed by atoms with van der Waals surface area (Å²) in [5.41, 5.74) is 2.57. The molecule has 190 valence electrons. The highest BCUT2D eigenvalue weighted by molar-refractivity contribution is 6.14. The van der Waals surface area contributed by atoms with Crippen LogP contribution in [0.3, 0.4) is 0 Å². The quantitative estimate of drug-likeness (QED) is 0.695. The van der Waals surface area contributed by atoms with Crippen LogP contribution in [0.15, 0.2) is 59.7 Å². The number of pyridine rings is 1. The van der Waals surface area contributed by atoms with Crippen molar-refractivity contribution in [2.24, 2.45) is 5.92 Å². The maximum atomic E-state index is 14.1. The molecule has 0 bridgehead atoms. The Kier molecular flexibility index (Phi) is 5.40. The average Bonchev–Trinajstić information content (AvgIpc) is 3.67. The van der Waals surface area contributed by atoms with Crippen LogP contribution in [0.5, 0.6) is 0 Å². The third-order valence-corrected chi connectivity index (χ3v) is 7.81. The van der Waals surface area contributed by atoms with Gasteiger partial charge < -0.3 is 15.1 Å². The lowest BCUT2D eigenvalue weighted by atomic mass is 9.84. The molecule has 8 nitrogen and oxygen atoms in total. The minimum absolute atomic E-state index is 0.0437. The van der Waals surface area contributed by atoms with Gasteiger partial charge >= 0.3 is 0 Å². The molecule has 0 spiro atoms. The molecule has 2 aliphatic carbocycles. The first-order valence-electron chi connectivity index (χ1n) is 12.6. The Morgan fingerprint density at radius 3 is 2.51 bits per heavy atom. The number of hydrogen-bond donors (Lipinski definition) is 1. The first kappa shape index (κ1) is 23.4. The van der Waals surface area contributed by atoms with Gasteiger partial charge in [0, 0.05) is 25.7 Å². The molecule has 9 heteroatoms. The summed E-state index contributed by atoms with van der Waals surface area (Å²) >= 11 is 0. The molecule has 1 aromatic heterocycles. The van der Waals surface area contributed by atoms with Gasteiger partial charge in [-0.05, 0) is 61.6 Å². The summed E-state index contributed by atoms with van der Waals surface area (Å²) in [6.07, 6.45) is 6.19. The van der Waals surface area contributed by atoms with Crippen molar-refractivity contribution < 1.29 is 18.8 Å². The van der Waals surface area contributed by atoms with Gasteiger partial charge in [-0.15, -0.1) is 0 Å². The number of carbonyl (C=O) groups excluding carboxylic acids is 3. The second-order valence-corrected chi connectivity index (χ2v) is 10.2. The molecule has 37 heavy (non-hydrogen) atoms. The number of anilines is 3. The van der Waals surface area contributed by atoms with E-state index in [-0.39, 0.29) is 29.6 Å². The zero-order chi connectivity index (χ0) is 26.0. The molecule has 1 aromatic carbocycles. The van der Waals surface area contributed by atoms with Crippen molar-refractivity contribution in [1.29, 1.82) is 0 Å². The maximum Gasteiger partial charge on any atom is 0.257 e. The molecule has 3 amide bonds. The topological polar surface area (TPSA) is 85.8 Å². The van der Waals surface area contributed by atoms with Gasteiger partial charge in [0.1, 0.15) is 17.7 Å². The van der Waals surface area contributed by atoms with Crippen molar-refractivity contribution >= 4 is 35.0 Å². The van der Waals surface area contributed by atoms with Crippen LogP contribution < -0.4 is 20.0 Å². The lowest BCUT2D eigenvalue weighted by molar-refractivity contribution is -0.126. The Bertz CT molecular complexity index is 1380. The highest BCUT2D eigenvalue weighted by Gasteiger charge is 2.47. The van der Waals surface area contributed by atoms with E-state index >= 15 is 0 Å². The van der Waals surface area contributed by atoms with Gasteiger partial charge in [-0.1, -0.05) is 24.3 Å². The van der Waals surface area contributed by atoms with Crippen molar-refractivity contribution in [3.05, 3.63) is 71.1 Å². The number of rotatable bonds is 4. The number of hydrogen-bond acceptors (Lipinski definition) is 5. The number of carbonyl (C=O) groups is 3. The smallest absolute Gasteiger partial charge is 0.257 e. The normalized spacial score (nSPS) is 25.0. The summed E-state index contributed by atoms with van der Waals surface area (Å²) in [6, 6.07) is 8.79. The number of likely N-dealkylation sites (N-methyl/N-ethyl adjacent to an activating group) is 2. The summed E-state index contributed by atoms with van der Waals surface area (Å²) in [7, 11) is 3.52. The molecule has 0 saturated heterocycles. The zero-order valence-electron chi connectivity index (χ0n) is 20.9. The highest BCUT2D eigenvalue weighted by atomic mass is 19.1. The van der Waals surface area contributed by atoms with E-state index in [9.17, 15) is 18.8 Å². The minimum Gasteiger partial charge on any atom is -0.353 e. The molecule has 2 aromatic rings. The molecular formula is C28H28FN5O3. The number of halogens is 1. The molecule has 3 heterocycles. The number of nitrogens with zero attached hydrogens (tertiary/aromatic N) is 4. The van der Waals surface area contributed by atoms with Crippen molar-refractivity contribution in [1.82, 2.24) is 10.3 Å². The molecule has 4 aliphatic rings. The van der Waals surface area contributed by atoms with Crippen molar-refractivity contribution in [2.75, 3.05) is 28.8 Å². The zero-order valence-corrected chi connectivity index (χ0v) is 20.9. The van der Waals surface area contributed by atoms with E-state index in [1.54, 1.807) is 53.1 Å². The molecule has 0 radical (unpaired) electrons. The molecule has 1 N–H and O–H groups in total. The third-order valence-electron chi connectivity index (χ3n) is 7.81. The van der Waals surface area contributed by atoms with E-state index in [4.69, 9.17) is 4.98 Å². The number of benzene rings is 1. The Hall–Kier alpha value is -4.01. The predicted molar refractivity (Wildman–Crippen MR) is 138 cm³/mol. The van der Waals surface area contributed by atoms with Crippen LogP contribution in [0.4, 0.5) is 21.7 Å². The van der Waals surface area contributed by atoms with E-state index in [0.717, 1.165) is 24.0 Å². The van der Waals surface area contributed by atoms with Crippen LogP contribution in [0.25, 0.3) is 0 Å². The standard InChI is InChI=1S/C28H28FN5O3/c1-15-27(36)33(3)21-13-14-22(31-25(21)32(15)2)34-24(16-7-9-17(29)10-8-16)19-5-4-6-20(23(19)28(34)37)26(35)30-18-11-12-18/h4-5,7-10,13-15,18,20,24H,6,11-12H2,1-3H3,(H,30,35).